The SMILES string of the molecule is CCCCCCCC(=O)SCC/C=C/[C@@H]1CC(=O)NCc2nc(cs2)C(=O)NC(C)(C)C(=O)NCC(=O)O1. The maximum atomic E-state index is 12.6. The van der Waals surface area contributed by atoms with Gasteiger partial charge in [0.15, 0.2) is 5.12 Å². The lowest BCUT2D eigenvalue weighted by molar-refractivity contribution is -0.148. The fourth-order valence-corrected chi connectivity index (χ4v) is 4.98. The highest BCUT2D eigenvalue weighted by molar-refractivity contribution is 8.13. The Hall–Kier alpha value is -2.73. The van der Waals surface area contributed by atoms with Crippen LogP contribution in [0.2, 0.25) is 0 Å². The number of cyclic esters (lactones) is 1. The van der Waals surface area contributed by atoms with Crippen molar-refractivity contribution in [1.29, 1.82) is 0 Å². The first kappa shape index (κ1) is 31.5. The summed E-state index contributed by atoms with van der Waals surface area (Å²) in [5.41, 5.74) is -1.16. The molecule has 1 aliphatic heterocycles. The first-order valence-electron chi connectivity index (χ1n) is 12.9. The highest BCUT2D eigenvalue weighted by Gasteiger charge is 2.31. The number of carbonyl (C=O) groups is 5. The molecule has 38 heavy (non-hydrogen) atoms. The summed E-state index contributed by atoms with van der Waals surface area (Å²) < 4.78 is 5.43. The lowest BCUT2D eigenvalue weighted by Crippen LogP contribution is -2.55. The number of nitrogens with zero attached hydrogens (tertiary/aromatic N) is 1. The standard InChI is InChI=1S/C26H38N4O6S2/c1-4-5-6-7-8-12-23(33)37-13-10-9-11-18-14-20(31)27-15-21-29-19(17-38-21)24(34)30-26(2,3)25(35)28-16-22(32)36-18/h9,11,17-18H,4-8,10,12-16H2,1-3H3,(H,27,31)(H,28,35)(H,30,34)/b11-9+/t18-/m1/s1. The molecule has 0 saturated carbocycles. The molecule has 0 radical (unpaired) electrons. The number of carbonyl (C=O) groups excluding carboxylic acids is 5. The first-order chi connectivity index (χ1) is 18.1. The number of nitrogens with one attached hydrogen (secondary N) is 3. The van der Waals surface area contributed by atoms with E-state index >= 15 is 0 Å². The highest BCUT2D eigenvalue weighted by Crippen LogP contribution is 2.14. The van der Waals surface area contributed by atoms with Crippen LogP contribution in [0.5, 0.6) is 0 Å². The number of aromatic nitrogens is 1. The van der Waals surface area contributed by atoms with Gasteiger partial charge in [-0.25, -0.2) is 4.98 Å². The third kappa shape index (κ3) is 11.8. The predicted octanol–water partition coefficient (Wildman–Crippen LogP) is 3.27. The van der Waals surface area contributed by atoms with E-state index in [1.54, 1.807) is 17.5 Å². The molecule has 3 amide bonds. The molecular weight excluding hydrogens is 528 g/mol. The summed E-state index contributed by atoms with van der Waals surface area (Å²) in [4.78, 5) is 66.2. The second-order valence-corrected chi connectivity index (χ2v) is 11.6. The molecule has 0 spiro atoms. The van der Waals surface area contributed by atoms with E-state index in [0.717, 1.165) is 19.3 Å². The van der Waals surface area contributed by atoms with Gasteiger partial charge in [-0.15, -0.1) is 11.3 Å². The first-order valence-corrected chi connectivity index (χ1v) is 14.8. The van der Waals surface area contributed by atoms with Crippen molar-refractivity contribution in [3.8, 4) is 0 Å². The predicted molar refractivity (Wildman–Crippen MR) is 148 cm³/mol. The van der Waals surface area contributed by atoms with Crippen LogP contribution in [-0.4, -0.2) is 57.7 Å². The summed E-state index contributed by atoms with van der Waals surface area (Å²) in [6.45, 7) is 4.88. The third-order valence-electron chi connectivity index (χ3n) is 5.66. The summed E-state index contributed by atoms with van der Waals surface area (Å²) in [5.74, 6) is -1.59. The Labute approximate surface area is 232 Å². The van der Waals surface area contributed by atoms with Gasteiger partial charge in [-0.3, -0.25) is 24.0 Å². The number of allylic oxidation sites excluding steroid dienone is 1. The van der Waals surface area contributed by atoms with Crippen LogP contribution in [0, 0.1) is 0 Å². The van der Waals surface area contributed by atoms with E-state index in [9.17, 15) is 24.0 Å². The monoisotopic (exact) mass is 566 g/mol. The largest absolute Gasteiger partial charge is 0.456 e. The number of hydrogen-bond acceptors (Lipinski definition) is 9. The molecule has 0 fully saturated rings. The Morgan fingerprint density at radius 2 is 1.92 bits per heavy atom. The van der Waals surface area contributed by atoms with Crippen LogP contribution in [-0.2, 0) is 30.5 Å². The fraction of sp³-hybridized carbons (Fsp3) is 0.615. The molecule has 1 aromatic rings. The quantitative estimate of drug-likeness (QED) is 0.222. The summed E-state index contributed by atoms with van der Waals surface area (Å²) >= 11 is 2.50. The van der Waals surface area contributed by atoms with Crippen molar-refractivity contribution in [2.45, 2.75) is 90.3 Å². The average molecular weight is 567 g/mol. The van der Waals surface area contributed by atoms with Crippen LogP contribution < -0.4 is 16.0 Å². The Balaban J connectivity index is 1.95. The van der Waals surface area contributed by atoms with Crippen LogP contribution >= 0.6 is 23.1 Å². The van der Waals surface area contributed by atoms with Crippen LogP contribution in [0.25, 0.3) is 0 Å². The summed E-state index contributed by atoms with van der Waals surface area (Å²) in [5, 5.41) is 10.0. The zero-order chi connectivity index (χ0) is 28.0. The molecule has 1 aromatic heterocycles. The molecule has 0 saturated heterocycles. The number of amides is 3. The van der Waals surface area contributed by atoms with E-state index < -0.39 is 36.0 Å². The summed E-state index contributed by atoms with van der Waals surface area (Å²) in [7, 11) is 0. The number of hydrogen-bond donors (Lipinski definition) is 3. The normalized spacial score (nSPS) is 19.0. The molecule has 10 nitrogen and oxygen atoms in total. The van der Waals surface area contributed by atoms with Gasteiger partial charge in [0.25, 0.3) is 5.91 Å². The van der Waals surface area contributed by atoms with Gasteiger partial charge < -0.3 is 20.7 Å². The van der Waals surface area contributed by atoms with Gasteiger partial charge in [0, 0.05) is 17.6 Å². The van der Waals surface area contributed by atoms with Crippen LogP contribution in [0.3, 0.4) is 0 Å². The second kappa shape index (κ2) is 16.3. The van der Waals surface area contributed by atoms with E-state index in [4.69, 9.17) is 4.74 Å². The zero-order valence-electron chi connectivity index (χ0n) is 22.3. The van der Waals surface area contributed by atoms with Crippen molar-refractivity contribution in [2.75, 3.05) is 12.3 Å². The van der Waals surface area contributed by atoms with E-state index in [-0.39, 0.29) is 29.7 Å². The molecule has 1 atom stereocenters. The van der Waals surface area contributed by atoms with Crippen molar-refractivity contribution in [1.82, 2.24) is 20.9 Å². The van der Waals surface area contributed by atoms with Gasteiger partial charge in [0.2, 0.25) is 11.8 Å². The smallest absolute Gasteiger partial charge is 0.326 e. The number of unbranched alkanes of at least 4 members (excludes halogenated alkanes) is 4. The molecule has 3 N–H and O–H groups in total. The van der Waals surface area contributed by atoms with Gasteiger partial charge >= 0.3 is 5.97 Å². The molecule has 1 aliphatic rings. The van der Waals surface area contributed by atoms with Gasteiger partial charge in [0.05, 0.1) is 13.0 Å². The zero-order valence-corrected chi connectivity index (χ0v) is 23.9. The maximum absolute atomic E-state index is 12.6. The molecule has 2 rings (SSSR count). The average Bonchev–Trinajstić information content (AvgIpc) is 3.34. The Morgan fingerprint density at radius 1 is 1.16 bits per heavy atom. The maximum Gasteiger partial charge on any atom is 0.326 e. The number of thiazole rings is 1. The lowest BCUT2D eigenvalue weighted by Gasteiger charge is -2.24. The van der Waals surface area contributed by atoms with Crippen LogP contribution in [0.1, 0.15) is 87.6 Å². The Morgan fingerprint density at radius 3 is 2.68 bits per heavy atom. The minimum Gasteiger partial charge on any atom is -0.456 e. The number of ether oxygens (including phenoxy) is 1. The molecule has 210 valence electrons. The molecule has 12 heteroatoms. The summed E-state index contributed by atoms with van der Waals surface area (Å²) in [6.07, 6.45) is 9.13. The minimum absolute atomic E-state index is 0.113. The van der Waals surface area contributed by atoms with Crippen molar-refractivity contribution in [3.63, 3.8) is 0 Å². The highest BCUT2D eigenvalue weighted by atomic mass is 32.2. The number of esters is 1. The molecular formula is C26H38N4O6S2. The second-order valence-electron chi connectivity index (χ2n) is 9.50. The lowest BCUT2D eigenvalue weighted by atomic mass is 10.0. The third-order valence-corrected chi connectivity index (χ3v) is 7.48. The van der Waals surface area contributed by atoms with E-state index in [0.29, 0.717) is 23.6 Å². The van der Waals surface area contributed by atoms with Crippen LogP contribution in [0.15, 0.2) is 17.5 Å². The molecule has 0 aliphatic carbocycles. The fourth-order valence-electron chi connectivity index (χ4n) is 3.50. The van der Waals surface area contributed by atoms with Gasteiger partial charge in [0.1, 0.15) is 28.9 Å². The van der Waals surface area contributed by atoms with E-state index in [2.05, 4.69) is 27.9 Å². The van der Waals surface area contributed by atoms with E-state index in [1.807, 2.05) is 0 Å². The minimum atomic E-state index is -1.30. The van der Waals surface area contributed by atoms with Crippen molar-refractivity contribution < 1.29 is 28.7 Å². The van der Waals surface area contributed by atoms with Gasteiger partial charge in [-0.1, -0.05) is 50.4 Å². The molecule has 0 unspecified atom stereocenters. The summed E-state index contributed by atoms with van der Waals surface area (Å²) in [6, 6.07) is 0. The molecule has 2 bridgehead atoms. The van der Waals surface area contributed by atoms with Crippen molar-refractivity contribution in [2.24, 2.45) is 0 Å². The van der Waals surface area contributed by atoms with Crippen molar-refractivity contribution in [3.05, 3.63) is 28.2 Å². The molecule has 0 aromatic carbocycles. The van der Waals surface area contributed by atoms with Gasteiger partial charge in [-0.05, 0) is 32.8 Å². The number of rotatable bonds is 10. The van der Waals surface area contributed by atoms with Crippen molar-refractivity contribution >= 4 is 51.9 Å². The van der Waals surface area contributed by atoms with Crippen LogP contribution in [0.4, 0.5) is 0 Å². The topological polar surface area (TPSA) is 144 Å². The molecule has 2 heterocycles. The Bertz CT molecular complexity index is 1010. The number of fused-ring (bicyclic) bond motifs is 2. The van der Waals surface area contributed by atoms with E-state index in [1.165, 1.54) is 49.8 Å². The van der Waals surface area contributed by atoms with Gasteiger partial charge in [-0.2, -0.15) is 0 Å². The Kier molecular flexibility index (Phi) is 13.5. The number of thioether (sulfide) groups is 1.